The zero-order valence-electron chi connectivity index (χ0n) is 21.5. The first-order valence-corrected chi connectivity index (χ1v) is 13.0. The highest BCUT2D eigenvalue weighted by Gasteiger charge is 2.30. The van der Waals surface area contributed by atoms with E-state index in [2.05, 4.69) is 47.6 Å². The minimum Gasteiger partial charge on any atom is -0.326 e. The van der Waals surface area contributed by atoms with Gasteiger partial charge in [0, 0.05) is 30.8 Å². The average Bonchev–Trinajstić information content (AvgIpc) is 3.26. The molecule has 0 aliphatic rings. The number of hydrogen-bond donors (Lipinski definition) is 0. The molecule has 37 heavy (non-hydrogen) atoms. The Balaban J connectivity index is 1.77. The van der Waals surface area contributed by atoms with E-state index in [4.69, 9.17) is 4.98 Å². The van der Waals surface area contributed by atoms with E-state index in [0.29, 0.717) is 18.7 Å². The highest BCUT2D eigenvalue weighted by atomic mass is 19.4. The van der Waals surface area contributed by atoms with Crippen molar-refractivity contribution in [3.63, 3.8) is 0 Å². The molecule has 4 aromatic rings. The molecular formula is C31H34F3N3. The molecule has 0 spiro atoms. The molecule has 0 atom stereocenters. The van der Waals surface area contributed by atoms with Gasteiger partial charge < -0.3 is 4.57 Å². The molecule has 1 heterocycles. The van der Waals surface area contributed by atoms with Crippen LogP contribution < -0.4 is 0 Å². The van der Waals surface area contributed by atoms with Crippen molar-refractivity contribution < 1.29 is 13.2 Å². The van der Waals surface area contributed by atoms with Gasteiger partial charge in [0.05, 0.1) is 17.0 Å². The van der Waals surface area contributed by atoms with Gasteiger partial charge in [-0.05, 0) is 31.0 Å². The monoisotopic (exact) mass is 505 g/mol. The van der Waals surface area contributed by atoms with E-state index in [1.807, 2.05) is 36.4 Å². The van der Waals surface area contributed by atoms with Crippen LogP contribution in [0.15, 0.2) is 84.9 Å². The summed E-state index contributed by atoms with van der Waals surface area (Å²) in [6.45, 7) is 6.90. The van der Waals surface area contributed by atoms with Crippen LogP contribution in [0.5, 0.6) is 0 Å². The number of rotatable bonds is 11. The first-order valence-electron chi connectivity index (χ1n) is 13.0. The number of nitrogens with zero attached hydrogens (tertiary/aromatic N) is 3. The molecule has 0 radical (unpaired) electrons. The molecular weight excluding hydrogens is 471 g/mol. The number of imidazole rings is 1. The Morgan fingerprint density at radius 2 is 1.46 bits per heavy atom. The fraction of sp³-hybridized carbons (Fsp3) is 0.323. The highest BCUT2D eigenvalue weighted by molar-refractivity contribution is 5.68. The SMILES string of the molecule is CCCCn1c(-c2ccccc2)nc(-c2ccccc2)c1CN(CCC)Cc1cccc(C(F)(F)F)c1. The Labute approximate surface area is 217 Å². The second kappa shape index (κ2) is 12.2. The Bertz CT molecular complexity index is 1260. The molecule has 0 saturated heterocycles. The van der Waals surface area contributed by atoms with Crippen LogP contribution in [-0.2, 0) is 25.8 Å². The van der Waals surface area contributed by atoms with Crippen molar-refractivity contribution in [2.45, 2.75) is 58.9 Å². The molecule has 0 N–H and O–H groups in total. The van der Waals surface area contributed by atoms with E-state index in [-0.39, 0.29) is 0 Å². The van der Waals surface area contributed by atoms with Crippen LogP contribution in [0.1, 0.15) is 49.9 Å². The van der Waals surface area contributed by atoms with Gasteiger partial charge in [-0.3, -0.25) is 4.90 Å². The lowest BCUT2D eigenvalue weighted by Gasteiger charge is -2.24. The van der Waals surface area contributed by atoms with Gasteiger partial charge in [0.15, 0.2) is 0 Å². The summed E-state index contributed by atoms with van der Waals surface area (Å²) in [5, 5.41) is 0. The third-order valence-electron chi connectivity index (χ3n) is 6.46. The molecule has 3 nitrogen and oxygen atoms in total. The Kier molecular flexibility index (Phi) is 8.82. The van der Waals surface area contributed by atoms with E-state index >= 15 is 0 Å². The summed E-state index contributed by atoms with van der Waals surface area (Å²) in [5.41, 5.74) is 4.18. The Morgan fingerprint density at radius 1 is 0.784 bits per heavy atom. The van der Waals surface area contributed by atoms with E-state index in [9.17, 15) is 13.2 Å². The minimum absolute atomic E-state index is 0.436. The number of hydrogen-bond acceptors (Lipinski definition) is 2. The van der Waals surface area contributed by atoms with Crippen LogP contribution in [0.25, 0.3) is 22.6 Å². The summed E-state index contributed by atoms with van der Waals surface area (Å²) < 4.78 is 42.4. The van der Waals surface area contributed by atoms with Gasteiger partial charge in [-0.15, -0.1) is 0 Å². The molecule has 1 aromatic heterocycles. The number of benzene rings is 3. The predicted molar refractivity (Wildman–Crippen MR) is 144 cm³/mol. The third kappa shape index (κ3) is 6.69. The highest BCUT2D eigenvalue weighted by Crippen LogP contribution is 2.32. The molecule has 0 saturated carbocycles. The van der Waals surface area contributed by atoms with Crippen LogP contribution >= 0.6 is 0 Å². The normalized spacial score (nSPS) is 11.8. The minimum atomic E-state index is -4.35. The van der Waals surface area contributed by atoms with E-state index in [0.717, 1.165) is 66.8 Å². The van der Waals surface area contributed by atoms with Gasteiger partial charge in [0.25, 0.3) is 0 Å². The van der Waals surface area contributed by atoms with Crippen LogP contribution in [0, 0.1) is 0 Å². The van der Waals surface area contributed by atoms with Crippen molar-refractivity contribution >= 4 is 0 Å². The predicted octanol–water partition coefficient (Wildman–Crippen LogP) is 8.45. The van der Waals surface area contributed by atoms with Gasteiger partial charge in [0.2, 0.25) is 0 Å². The smallest absolute Gasteiger partial charge is 0.326 e. The van der Waals surface area contributed by atoms with Crippen molar-refractivity contribution in [3.8, 4) is 22.6 Å². The second-order valence-corrected chi connectivity index (χ2v) is 9.38. The molecule has 0 amide bonds. The van der Waals surface area contributed by atoms with Gasteiger partial charge >= 0.3 is 6.18 Å². The lowest BCUT2D eigenvalue weighted by Crippen LogP contribution is -2.26. The summed E-state index contributed by atoms with van der Waals surface area (Å²) in [4.78, 5) is 7.39. The average molecular weight is 506 g/mol. The zero-order chi connectivity index (χ0) is 26.3. The van der Waals surface area contributed by atoms with Gasteiger partial charge in [-0.25, -0.2) is 4.98 Å². The zero-order valence-corrected chi connectivity index (χ0v) is 21.5. The topological polar surface area (TPSA) is 21.1 Å². The summed E-state index contributed by atoms with van der Waals surface area (Å²) in [7, 11) is 0. The fourth-order valence-corrected chi connectivity index (χ4v) is 4.68. The molecule has 0 unspecified atom stereocenters. The maximum atomic E-state index is 13.4. The first-order chi connectivity index (χ1) is 17.9. The quantitative estimate of drug-likeness (QED) is 0.204. The summed E-state index contributed by atoms with van der Waals surface area (Å²) in [6, 6.07) is 26.0. The van der Waals surface area contributed by atoms with Crippen LogP contribution in [-0.4, -0.2) is 21.0 Å². The molecule has 194 valence electrons. The Morgan fingerprint density at radius 3 is 2.08 bits per heavy atom. The molecule has 0 bridgehead atoms. The largest absolute Gasteiger partial charge is 0.416 e. The number of unbranched alkanes of at least 4 members (excludes halogenated alkanes) is 1. The van der Waals surface area contributed by atoms with Crippen molar-refractivity contribution in [2.75, 3.05) is 6.54 Å². The lowest BCUT2D eigenvalue weighted by atomic mass is 10.1. The summed E-state index contributed by atoms with van der Waals surface area (Å²) in [6.07, 6.45) is -1.39. The molecule has 6 heteroatoms. The molecule has 0 aliphatic carbocycles. The van der Waals surface area contributed by atoms with Crippen LogP contribution in [0.2, 0.25) is 0 Å². The standard InChI is InChI=1S/C31H34F3N3/c1-3-5-20-37-28(23-36(19-4-2)22-24-13-12-18-27(21-24)31(32,33)34)29(25-14-8-6-9-15-25)35-30(37)26-16-10-7-11-17-26/h6-18,21H,3-5,19-20,22-23H2,1-2H3. The third-order valence-corrected chi connectivity index (χ3v) is 6.46. The Hall–Kier alpha value is -3.38. The van der Waals surface area contributed by atoms with Crippen LogP contribution in [0.3, 0.4) is 0 Å². The van der Waals surface area contributed by atoms with Crippen molar-refractivity contribution in [1.82, 2.24) is 14.5 Å². The molecule has 3 aromatic carbocycles. The van der Waals surface area contributed by atoms with Crippen LogP contribution in [0.4, 0.5) is 13.2 Å². The van der Waals surface area contributed by atoms with Gasteiger partial charge in [-0.1, -0.05) is 99.1 Å². The molecule has 4 rings (SSSR count). The lowest BCUT2D eigenvalue weighted by molar-refractivity contribution is -0.137. The summed E-state index contributed by atoms with van der Waals surface area (Å²) in [5.74, 6) is 0.929. The first kappa shape index (κ1) is 26.7. The van der Waals surface area contributed by atoms with Crippen molar-refractivity contribution in [1.29, 1.82) is 0 Å². The van der Waals surface area contributed by atoms with E-state index in [1.54, 1.807) is 6.07 Å². The van der Waals surface area contributed by atoms with Gasteiger partial charge in [-0.2, -0.15) is 13.2 Å². The van der Waals surface area contributed by atoms with Gasteiger partial charge in [0.1, 0.15) is 5.82 Å². The summed E-state index contributed by atoms with van der Waals surface area (Å²) >= 11 is 0. The molecule has 0 aliphatic heterocycles. The molecule has 0 fully saturated rings. The van der Waals surface area contributed by atoms with Crippen molar-refractivity contribution in [2.24, 2.45) is 0 Å². The van der Waals surface area contributed by atoms with E-state index < -0.39 is 11.7 Å². The fourth-order valence-electron chi connectivity index (χ4n) is 4.68. The second-order valence-electron chi connectivity index (χ2n) is 9.38. The van der Waals surface area contributed by atoms with E-state index in [1.165, 1.54) is 12.1 Å². The number of aromatic nitrogens is 2. The van der Waals surface area contributed by atoms with Crippen molar-refractivity contribution in [3.05, 3.63) is 102 Å². The number of halogens is 3. The maximum Gasteiger partial charge on any atom is 0.416 e. The maximum absolute atomic E-state index is 13.4. The number of alkyl halides is 3.